The summed E-state index contributed by atoms with van der Waals surface area (Å²) in [7, 11) is 1.91. The molecule has 2 aromatic carbocycles. The average Bonchev–Trinajstić information content (AvgIpc) is 3.16. The maximum Gasteiger partial charge on any atom is 0.253 e. The van der Waals surface area contributed by atoms with Gasteiger partial charge in [-0.25, -0.2) is 0 Å². The first-order chi connectivity index (χ1) is 14.9. The number of rotatable bonds is 3. The molecule has 31 heavy (non-hydrogen) atoms. The quantitative estimate of drug-likeness (QED) is 0.656. The SMILES string of the molecule is Cn1cc2ccc(-c3ccc(C(=O)N4CCN(C(=O)C5(C)COC5)CC4)cc3)cc2n1. The van der Waals surface area contributed by atoms with Gasteiger partial charge in [0.25, 0.3) is 5.91 Å². The molecule has 0 saturated carbocycles. The van der Waals surface area contributed by atoms with E-state index >= 15 is 0 Å². The highest BCUT2D eigenvalue weighted by Gasteiger charge is 2.44. The van der Waals surface area contributed by atoms with E-state index < -0.39 is 0 Å². The van der Waals surface area contributed by atoms with Gasteiger partial charge in [-0.15, -0.1) is 0 Å². The molecule has 2 aliphatic heterocycles. The molecule has 0 radical (unpaired) electrons. The van der Waals surface area contributed by atoms with Crippen molar-refractivity contribution in [3.05, 3.63) is 54.2 Å². The smallest absolute Gasteiger partial charge is 0.253 e. The minimum atomic E-state index is -0.389. The minimum Gasteiger partial charge on any atom is -0.379 e. The lowest BCUT2D eigenvalue weighted by molar-refractivity contribution is -0.170. The number of amides is 2. The molecule has 2 saturated heterocycles. The Morgan fingerprint density at radius 2 is 1.58 bits per heavy atom. The highest BCUT2D eigenvalue weighted by molar-refractivity contribution is 5.95. The van der Waals surface area contributed by atoms with Gasteiger partial charge < -0.3 is 14.5 Å². The molecule has 7 heteroatoms. The van der Waals surface area contributed by atoms with Crippen LogP contribution in [0.25, 0.3) is 22.0 Å². The number of piperazine rings is 1. The fourth-order valence-corrected chi connectivity index (χ4v) is 4.33. The van der Waals surface area contributed by atoms with Crippen molar-refractivity contribution in [3.63, 3.8) is 0 Å². The summed E-state index contributed by atoms with van der Waals surface area (Å²) in [4.78, 5) is 29.3. The predicted octanol–water partition coefficient (Wildman–Crippen LogP) is 2.56. The van der Waals surface area contributed by atoms with Gasteiger partial charge in [0.2, 0.25) is 5.91 Å². The minimum absolute atomic E-state index is 0.0111. The number of hydrogen-bond acceptors (Lipinski definition) is 4. The Labute approximate surface area is 181 Å². The first-order valence-electron chi connectivity index (χ1n) is 10.6. The lowest BCUT2D eigenvalue weighted by Crippen LogP contribution is -2.58. The lowest BCUT2D eigenvalue weighted by atomic mass is 9.86. The molecule has 160 valence electrons. The van der Waals surface area contributed by atoms with Gasteiger partial charge >= 0.3 is 0 Å². The molecule has 2 aliphatic rings. The van der Waals surface area contributed by atoms with Crippen LogP contribution < -0.4 is 0 Å². The lowest BCUT2D eigenvalue weighted by Gasteiger charge is -2.43. The highest BCUT2D eigenvalue weighted by Crippen LogP contribution is 2.29. The monoisotopic (exact) mass is 418 g/mol. The summed E-state index contributed by atoms with van der Waals surface area (Å²) in [5.41, 5.74) is 3.36. The number of ether oxygens (including phenoxy) is 1. The number of aromatic nitrogens is 2. The number of hydrogen-bond donors (Lipinski definition) is 0. The molecule has 0 aliphatic carbocycles. The number of fused-ring (bicyclic) bond motifs is 1. The third-order valence-corrected chi connectivity index (χ3v) is 6.30. The summed E-state index contributed by atoms with van der Waals surface area (Å²) in [5.74, 6) is 0.150. The van der Waals surface area contributed by atoms with Gasteiger partial charge in [-0.2, -0.15) is 5.10 Å². The summed E-state index contributed by atoms with van der Waals surface area (Å²) in [6, 6.07) is 13.9. The summed E-state index contributed by atoms with van der Waals surface area (Å²) in [6.45, 7) is 5.18. The fraction of sp³-hybridized carbons (Fsp3) is 0.375. The highest BCUT2D eigenvalue weighted by atomic mass is 16.5. The van der Waals surface area contributed by atoms with Crippen LogP contribution in [0.2, 0.25) is 0 Å². The Morgan fingerprint density at radius 1 is 0.935 bits per heavy atom. The van der Waals surface area contributed by atoms with Crippen LogP contribution in [0.3, 0.4) is 0 Å². The molecule has 0 N–H and O–H groups in total. The molecular weight excluding hydrogens is 392 g/mol. The van der Waals surface area contributed by atoms with E-state index in [0.29, 0.717) is 45.0 Å². The number of carbonyl (C=O) groups excluding carboxylic acids is 2. The average molecular weight is 418 g/mol. The van der Waals surface area contributed by atoms with Crippen molar-refractivity contribution in [2.45, 2.75) is 6.92 Å². The van der Waals surface area contributed by atoms with Crippen molar-refractivity contribution in [2.75, 3.05) is 39.4 Å². The van der Waals surface area contributed by atoms with Gasteiger partial charge in [-0.3, -0.25) is 14.3 Å². The van der Waals surface area contributed by atoms with Crippen molar-refractivity contribution < 1.29 is 14.3 Å². The number of carbonyl (C=O) groups is 2. The first kappa shape index (κ1) is 19.8. The fourth-order valence-electron chi connectivity index (χ4n) is 4.33. The molecule has 3 aromatic rings. The molecule has 0 atom stereocenters. The van der Waals surface area contributed by atoms with Crippen molar-refractivity contribution in [1.82, 2.24) is 19.6 Å². The molecule has 2 fully saturated rings. The van der Waals surface area contributed by atoms with E-state index in [1.807, 2.05) is 58.9 Å². The van der Waals surface area contributed by atoms with E-state index in [1.54, 1.807) is 0 Å². The van der Waals surface area contributed by atoms with Gasteiger partial charge in [0.05, 0.1) is 24.1 Å². The zero-order valence-corrected chi connectivity index (χ0v) is 17.9. The van der Waals surface area contributed by atoms with Gasteiger partial charge in [-0.1, -0.05) is 24.3 Å². The van der Waals surface area contributed by atoms with E-state index in [2.05, 4.69) is 23.3 Å². The Hall–Kier alpha value is -3.19. The van der Waals surface area contributed by atoms with Gasteiger partial charge in [0.15, 0.2) is 0 Å². The largest absolute Gasteiger partial charge is 0.379 e. The molecule has 0 unspecified atom stereocenters. The number of aryl methyl sites for hydroxylation is 1. The van der Waals surface area contributed by atoms with Crippen molar-refractivity contribution in [3.8, 4) is 11.1 Å². The van der Waals surface area contributed by atoms with Crippen LogP contribution in [0.1, 0.15) is 17.3 Å². The van der Waals surface area contributed by atoms with E-state index in [-0.39, 0.29) is 17.2 Å². The topological polar surface area (TPSA) is 67.7 Å². The maximum atomic E-state index is 13.0. The second-order valence-corrected chi connectivity index (χ2v) is 8.79. The van der Waals surface area contributed by atoms with Crippen molar-refractivity contribution in [2.24, 2.45) is 12.5 Å². The van der Waals surface area contributed by atoms with Crippen LogP contribution in [-0.2, 0) is 16.6 Å². The Morgan fingerprint density at radius 3 is 2.23 bits per heavy atom. The summed E-state index contributed by atoms with van der Waals surface area (Å²) in [6.07, 6.45) is 1.99. The van der Waals surface area contributed by atoms with Crippen LogP contribution >= 0.6 is 0 Å². The number of benzene rings is 2. The van der Waals surface area contributed by atoms with E-state index in [4.69, 9.17) is 4.74 Å². The van der Waals surface area contributed by atoms with Crippen LogP contribution in [-0.4, -0.2) is 70.8 Å². The molecular formula is C24H26N4O3. The molecule has 3 heterocycles. The third kappa shape index (κ3) is 3.59. The zero-order chi connectivity index (χ0) is 21.6. The van der Waals surface area contributed by atoms with Crippen LogP contribution in [0.5, 0.6) is 0 Å². The van der Waals surface area contributed by atoms with Crippen molar-refractivity contribution in [1.29, 1.82) is 0 Å². The Bertz CT molecular complexity index is 1140. The second-order valence-electron chi connectivity index (χ2n) is 8.79. The second kappa shape index (κ2) is 7.50. The molecule has 1 aromatic heterocycles. The van der Waals surface area contributed by atoms with Gasteiger partial charge in [0.1, 0.15) is 0 Å². The molecule has 5 rings (SSSR count). The van der Waals surface area contributed by atoms with Crippen LogP contribution in [0, 0.1) is 5.41 Å². The standard InChI is InChI=1S/C24H26N4O3/c1-24(15-31-16-24)23(30)28-11-9-27(10-12-28)22(29)18-5-3-17(4-6-18)19-7-8-20-14-26(2)25-21(20)13-19/h3-8,13-14H,9-12,15-16H2,1-2H3. The molecule has 0 bridgehead atoms. The normalized spacial score (nSPS) is 18.1. The predicted molar refractivity (Wildman–Crippen MR) is 118 cm³/mol. The summed E-state index contributed by atoms with van der Waals surface area (Å²) >= 11 is 0. The van der Waals surface area contributed by atoms with Crippen molar-refractivity contribution >= 4 is 22.7 Å². The summed E-state index contributed by atoms with van der Waals surface area (Å²) < 4.78 is 7.02. The van der Waals surface area contributed by atoms with E-state index in [0.717, 1.165) is 22.0 Å². The molecule has 7 nitrogen and oxygen atoms in total. The third-order valence-electron chi connectivity index (χ3n) is 6.30. The first-order valence-corrected chi connectivity index (χ1v) is 10.6. The van der Waals surface area contributed by atoms with E-state index in [9.17, 15) is 9.59 Å². The zero-order valence-electron chi connectivity index (χ0n) is 17.9. The Balaban J connectivity index is 1.24. The van der Waals surface area contributed by atoms with Gasteiger partial charge in [0, 0.05) is 50.4 Å². The number of nitrogens with zero attached hydrogens (tertiary/aromatic N) is 4. The molecule has 2 amide bonds. The maximum absolute atomic E-state index is 13.0. The van der Waals surface area contributed by atoms with Gasteiger partial charge in [-0.05, 0) is 36.2 Å². The summed E-state index contributed by atoms with van der Waals surface area (Å²) in [5, 5.41) is 5.58. The molecule has 0 spiro atoms. The van der Waals surface area contributed by atoms with Crippen LogP contribution in [0.4, 0.5) is 0 Å². The van der Waals surface area contributed by atoms with Crippen LogP contribution in [0.15, 0.2) is 48.7 Å². The van der Waals surface area contributed by atoms with E-state index in [1.165, 1.54) is 0 Å². The Kier molecular flexibility index (Phi) is 4.78.